The Bertz CT molecular complexity index is 551. The Morgan fingerprint density at radius 3 is 2.81 bits per heavy atom. The van der Waals surface area contributed by atoms with Crippen molar-refractivity contribution in [3.05, 3.63) is 41.7 Å². The highest BCUT2D eigenvalue weighted by Gasteiger charge is 2.15. The van der Waals surface area contributed by atoms with Crippen LogP contribution in [0.5, 0.6) is 0 Å². The lowest BCUT2D eigenvalue weighted by Crippen LogP contribution is -2.10. The van der Waals surface area contributed by atoms with E-state index in [9.17, 15) is 9.90 Å². The molecule has 2 N–H and O–H groups in total. The van der Waals surface area contributed by atoms with Gasteiger partial charge >= 0.3 is 5.97 Å². The third kappa shape index (κ3) is 1.75. The molecule has 0 radical (unpaired) electrons. The van der Waals surface area contributed by atoms with E-state index in [2.05, 4.69) is 4.98 Å². The van der Waals surface area contributed by atoms with Crippen molar-refractivity contribution in [3.63, 3.8) is 0 Å². The van der Waals surface area contributed by atoms with Gasteiger partial charge < -0.3 is 10.2 Å². The van der Waals surface area contributed by atoms with Gasteiger partial charge in [0.2, 0.25) is 0 Å². The fourth-order valence-electron chi connectivity index (χ4n) is 1.66. The molecule has 1 aromatic carbocycles. The van der Waals surface area contributed by atoms with Crippen molar-refractivity contribution in [3.8, 4) is 0 Å². The summed E-state index contributed by atoms with van der Waals surface area (Å²) < 4.78 is 0. The minimum atomic E-state index is -1.47. The van der Waals surface area contributed by atoms with Gasteiger partial charge in [-0.3, -0.25) is 4.98 Å². The van der Waals surface area contributed by atoms with E-state index in [-0.39, 0.29) is 0 Å². The van der Waals surface area contributed by atoms with Gasteiger partial charge in [0.1, 0.15) is 0 Å². The first-order chi connectivity index (χ1) is 7.59. The number of aliphatic carboxylic acids is 1. The number of hydrogen-bond acceptors (Lipinski definition) is 3. The van der Waals surface area contributed by atoms with Crippen LogP contribution in [-0.2, 0) is 4.79 Å². The lowest BCUT2D eigenvalue weighted by atomic mass is 10.0. The molecule has 0 amide bonds. The molecule has 4 heteroatoms. The van der Waals surface area contributed by atoms with Crippen molar-refractivity contribution in [2.75, 3.05) is 0 Å². The maximum atomic E-state index is 10.6. The second-order valence-electron chi connectivity index (χ2n) is 3.62. The Labute approximate surface area is 92.2 Å². The molecule has 1 unspecified atom stereocenters. The summed E-state index contributed by atoms with van der Waals surface area (Å²) in [7, 11) is 0. The van der Waals surface area contributed by atoms with Gasteiger partial charge in [0, 0.05) is 17.3 Å². The summed E-state index contributed by atoms with van der Waals surface area (Å²) in [6.45, 7) is 1.88. The van der Waals surface area contributed by atoms with Crippen LogP contribution in [0, 0.1) is 6.92 Å². The standard InChI is InChI=1S/C12H11NO3/c1-7-10-3-2-9(11(14)12(15)16)6-8(10)4-5-13-7/h2-6,11,14H,1H3,(H,15,16). The van der Waals surface area contributed by atoms with Crippen LogP contribution in [0.15, 0.2) is 30.5 Å². The van der Waals surface area contributed by atoms with Gasteiger partial charge in [0.25, 0.3) is 0 Å². The highest BCUT2D eigenvalue weighted by atomic mass is 16.4. The minimum Gasteiger partial charge on any atom is -0.479 e. The summed E-state index contributed by atoms with van der Waals surface area (Å²) in [6.07, 6.45) is 0.187. The number of hydrogen-bond donors (Lipinski definition) is 2. The SMILES string of the molecule is Cc1nccc2cc(C(O)C(=O)O)ccc12. The zero-order valence-electron chi connectivity index (χ0n) is 8.71. The smallest absolute Gasteiger partial charge is 0.337 e. The second-order valence-corrected chi connectivity index (χ2v) is 3.62. The van der Waals surface area contributed by atoms with Gasteiger partial charge in [-0.05, 0) is 30.0 Å². The lowest BCUT2D eigenvalue weighted by Gasteiger charge is -2.07. The number of pyridine rings is 1. The monoisotopic (exact) mass is 217 g/mol. The number of benzene rings is 1. The third-order valence-corrected chi connectivity index (χ3v) is 2.54. The first-order valence-electron chi connectivity index (χ1n) is 4.86. The first-order valence-corrected chi connectivity index (χ1v) is 4.86. The van der Waals surface area contributed by atoms with Crippen LogP contribution in [-0.4, -0.2) is 21.2 Å². The number of aliphatic hydroxyl groups is 1. The fourth-order valence-corrected chi connectivity index (χ4v) is 1.66. The van der Waals surface area contributed by atoms with Gasteiger partial charge in [0.15, 0.2) is 6.10 Å². The van der Waals surface area contributed by atoms with Crippen molar-refractivity contribution < 1.29 is 15.0 Å². The molecule has 0 saturated heterocycles. The summed E-state index contributed by atoms with van der Waals surface area (Å²) in [4.78, 5) is 14.8. The van der Waals surface area contributed by atoms with E-state index in [1.165, 1.54) is 0 Å². The topological polar surface area (TPSA) is 70.4 Å². The Balaban J connectivity index is 2.57. The van der Waals surface area contributed by atoms with E-state index in [0.717, 1.165) is 16.5 Å². The number of carboxylic acid groups (broad SMARTS) is 1. The van der Waals surface area contributed by atoms with Crippen LogP contribution in [0.4, 0.5) is 0 Å². The maximum absolute atomic E-state index is 10.6. The number of nitrogens with zero attached hydrogens (tertiary/aromatic N) is 1. The lowest BCUT2D eigenvalue weighted by molar-refractivity contribution is -0.146. The van der Waals surface area contributed by atoms with E-state index in [4.69, 9.17) is 5.11 Å². The third-order valence-electron chi connectivity index (χ3n) is 2.54. The van der Waals surface area contributed by atoms with Crippen LogP contribution in [0.2, 0.25) is 0 Å². The van der Waals surface area contributed by atoms with Gasteiger partial charge in [0.05, 0.1) is 0 Å². The second kappa shape index (κ2) is 3.90. The van der Waals surface area contributed by atoms with E-state index in [0.29, 0.717) is 5.56 Å². The average molecular weight is 217 g/mol. The molecule has 1 heterocycles. The van der Waals surface area contributed by atoms with Crippen molar-refractivity contribution in [2.45, 2.75) is 13.0 Å². The maximum Gasteiger partial charge on any atom is 0.337 e. The zero-order chi connectivity index (χ0) is 11.7. The number of fused-ring (bicyclic) bond motifs is 1. The van der Waals surface area contributed by atoms with Gasteiger partial charge in [-0.25, -0.2) is 4.79 Å². The van der Waals surface area contributed by atoms with E-state index in [1.54, 1.807) is 30.5 Å². The molecule has 2 rings (SSSR count). The van der Waals surface area contributed by atoms with Gasteiger partial charge in [-0.2, -0.15) is 0 Å². The van der Waals surface area contributed by atoms with Crippen LogP contribution in [0.1, 0.15) is 17.4 Å². The molecule has 0 aliphatic carbocycles. The molecule has 16 heavy (non-hydrogen) atoms. The van der Waals surface area contributed by atoms with Crippen molar-refractivity contribution >= 4 is 16.7 Å². The molecule has 0 aliphatic rings. The number of aromatic nitrogens is 1. The highest BCUT2D eigenvalue weighted by Crippen LogP contribution is 2.21. The predicted octanol–water partition coefficient (Wildman–Crippen LogP) is 1.66. The fraction of sp³-hybridized carbons (Fsp3) is 0.167. The summed E-state index contributed by atoms with van der Waals surface area (Å²) in [6, 6.07) is 6.85. The molecule has 2 aromatic rings. The van der Waals surface area contributed by atoms with Crippen LogP contribution in [0.3, 0.4) is 0 Å². The van der Waals surface area contributed by atoms with Gasteiger partial charge in [-0.15, -0.1) is 0 Å². The predicted molar refractivity (Wildman–Crippen MR) is 59.1 cm³/mol. The number of aliphatic hydroxyl groups excluding tert-OH is 1. The molecule has 4 nitrogen and oxygen atoms in total. The van der Waals surface area contributed by atoms with Crippen LogP contribution >= 0.6 is 0 Å². The minimum absolute atomic E-state index is 0.380. The Kier molecular flexibility index (Phi) is 2.58. The summed E-state index contributed by atoms with van der Waals surface area (Å²) in [5.41, 5.74) is 1.26. The van der Waals surface area contributed by atoms with Crippen molar-refractivity contribution in [2.24, 2.45) is 0 Å². The Morgan fingerprint density at radius 1 is 1.38 bits per heavy atom. The molecular formula is C12H11NO3. The van der Waals surface area contributed by atoms with Crippen molar-refractivity contribution in [1.82, 2.24) is 4.98 Å². The summed E-state index contributed by atoms with van der Waals surface area (Å²) in [5.74, 6) is -1.25. The van der Waals surface area contributed by atoms with Crippen LogP contribution in [0.25, 0.3) is 10.8 Å². The largest absolute Gasteiger partial charge is 0.479 e. The van der Waals surface area contributed by atoms with E-state index < -0.39 is 12.1 Å². The normalized spacial score (nSPS) is 12.6. The molecule has 0 fully saturated rings. The first kappa shape index (κ1) is 10.6. The van der Waals surface area contributed by atoms with Crippen molar-refractivity contribution in [1.29, 1.82) is 0 Å². The number of aryl methyl sites for hydroxylation is 1. The van der Waals surface area contributed by atoms with E-state index in [1.807, 2.05) is 6.92 Å². The highest BCUT2D eigenvalue weighted by molar-refractivity contribution is 5.86. The van der Waals surface area contributed by atoms with E-state index >= 15 is 0 Å². The summed E-state index contributed by atoms with van der Waals surface area (Å²) >= 11 is 0. The molecule has 1 atom stereocenters. The average Bonchev–Trinajstić information content (AvgIpc) is 2.28. The number of carbonyl (C=O) groups is 1. The molecule has 82 valence electrons. The molecule has 0 spiro atoms. The molecule has 0 bridgehead atoms. The zero-order valence-corrected chi connectivity index (χ0v) is 8.71. The van der Waals surface area contributed by atoms with Crippen LogP contribution < -0.4 is 0 Å². The molecule has 0 saturated carbocycles. The molecule has 0 aliphatic heterocycles. The quantitative estimate of drug-likeness (QED) is 0.802. The Hall–Kier alpha value is -1.94. The van der Waals surface area contributed by atoms with Gasteiger partial charge in [-0.1, -0.05) is 12.1 Å². The molecular weight excluding hydrogens is 206 g/mol. The molecule has 1 aromatic heterocycles. The number of rotatable bonds is 2. The Morgan fingerprint density at radius 2 is 2.12 bits per heavy atom. The summed E-state index contributed by atoms with van der Waals surface area (Å²) in [5, 5.41) is 20.0. The number of carboxylic acids is 1.